The molecule has 1 unspecified atom stereocenters. The van der Waals surface area contributed by atoms with Crippen LogP contribution in [0, 0.1) is 0 Å². The van der Waals surface area contributed by atoms with Gasteiger partial charge in [-0.3, -0.25) is 14.6 Å². The van der Waals surface area contributed by atoms with E-state index in [1.54, 1.807) is 4.90 Å². The van der Waals surface area contributed by atoms with E-state index in [4.69, 9.17) is 4.74 Å². The number of ether oxygens (including phenoxy) is 1. The molecule has 0 saturated carbocycles. The van der Waals surface area contributed by atoms with Crippen LogP contribution in [0.15, 0.2) is 50.9 Å². The number of rotatable bonds is 4. The second-order valence-corrected chi connectivity index (χ2v) is 6.95. The van der Waals surface area contributed by atoms with Gasteiger partial charge in [-0.2, -0.15) is 18.3 Å². The first-order valence-electron chi connectivity index (χ1n) is 9.21. The van der Waals surface area contributed by atoms with Crippen LogP contribution < -0.4 is 26.4 Å². The fourth-order valence-corrected chi connectivity index (χ4v) is 3.33. The minimum absolute atomic E-state index is 0.0776. The van der Waals surface area contributed by atoms with Crippen LogP contribution in [0.25, 0.3) is 11.3 Å². The summed E-state index contributed by atoms with van der Waals surface area (Å²) in [4.78, 5) is 41.6. The van der Waals surface area contributed by atoms with Gasteiger partial charge in [0.15, 0.2) is 0 Å². The zero-order valence-electron chi connectivity index (χ0n) is 15.8. The van der Waals surface area contributed by atoms with Crippen LogP contribution in [0.5, 0.6) is 5.75 Å². The molecule has 3 aromatic rings. The number of aromatic amines is 3. The summed E-state index contributed by atoms with van der Waals surface area (Å²) < 4.78 is 43.8. The SMILES string of the molecule is O=c1[nH]cc(-c2cc(N3CCC(Oc4ccc(C(F)(F)F)cc4)C3)c(=O)[nH]n2)c(=O)[nH]1. The Morgan fingerprint density at radius 1 is 1.10 bits per heavy atom. The van der Waals surface area contributed by atoms with Gasteiger partial charge in [-0.1, -0.05) is 0 Å². The lowest BCUT2D eigenvalue weighted by atomic mass is 10.2. The summed E-state index contributed by atoms with van der Waals surface area (Å²) >= 11 is 0. The highest BCUT2D eigenvalue weighted by Crippen LogP contribution is 2.31. The molecule has 0 spiro atoms. The highest BCUT2D eigenvalue weighted by Gasteiger charge is 2.31. The monoisotopic (exact) mass is 435 g/mol. The van der Waals surface area contributed by atoms with Gasteiger partial charge in [0.25, 0.3) is 11.1 Å². The molecular formula is C19H16F3N5O4. The maximum absolute atomic E-state index is 12.7. The summed E-state index contributed by atoms with van der Waals surface area (Å²) in [5.41, 5.74) is -2.05. The molecule has 1 aliphatic rings. The third-order valence-corrected chi connectivity index (χ3v) is 4.85. The Bertz CT molecular complexity index is 1260. The first-order valence-corrected chi connectivity index (χ1v) is 9.21. The Labute approximate surface area is 171 Å². The molecule has 0 radical (unpaired) electrons. The van der Waals surface area contributed by atoms with Gasteiger partial charge in [-0.25, -0.2) is 9.89 Å². The van der Waals surface area contributed by atoms with Crippen LogP contribution in [0.4, 0.5) is 18.9 Å². The van der Waals surface area contributed by atoms with Crippen LogP contribution in [0.1, 0.15) is 12.0 Å². The van der Waals surface area contributed by atoms with Crippen molar-refractivity contribution in [2.45, 2.75) is 18.7 Å². The van der Waals surface area contributed by atoms with E-state index in [2.05, 4.69) is 20.2 Å². The van der Waals surface area contributed by atoms with E-state index in [1.165, 1.54) is 24.4 Å². The first-order chi connectivity index (χ1) is 14.7. The summed E-state index contributed by atoms with van der Waals surface area (Å²) in [6.07, 6.45) is -3.02. The Morgan fingerprint density at radius 3 is 2.52 bits per heavy atom. The van der Waals surface area contributed by atoms with Crippen molar-refractivity contribution in [3.8, 4) is 17.0 Å². The molecule has 1 aromatic carbocycles. The van der Waals surface area contributed by atoms with Crippen LogP contribution in [-0.4, -0.2) is 39.4 Å². The van der Waals surface area contributed by atoms with Crippen molar-refractivity contribution >= 4 is 5.69 Å². The van der Waals surface area contributed by atoms with E-state index in [-0.39, 0.29) is 23.0 Å². The first kappa shape index (κ1) is 20.4. The highest BCUT2D eigenvalue weighted by atomic mass is 19.4. The van der Waals surface area contributed by atoms with Crippen molar-refractivity contribution in [1.29, 1.82) is 0 Å². The molecule has 0 bridgehead atoms. The fraction of sp³-hybridized carbons (Fsp3) is 0.263. The Hall–Kier alpha value is -3.83. The molecular weight excluding hydrogens is 419 g/mol. The number of anilines is 1. The predicted molar refractivity (Wildman–Crippen MR) is 104 cm³/mol. The van der Waals surface area contributed by atoms with Gasteiger partial charge in [-0.05, 0) is 30.3 Å². The number of alkyl halides is 3. The van der Waals surface area contributed by atoms with Crippen molar-refractivity contribution in [1.82, 2.24) is 20.2 Å². The van der Waals surface area contributed by atoms with E-state index in [0.29, 0.717) is 25.3 Å². The summed E-state index contributed by atoms with van der Waals surface area (Å²) in [7, 11) is 0. The Balaban J connectivity index is 1.51. The molecule has 31 heavy (non-hydrogen) atoms. The molecule has 162 valence electrons. The number of nitrogens with zero attached hydrogens (tertiary/aromatic N) is 2. The number of hydrogen-bond donors (Lipinski definition) is 3. The van der Waals surface area contributed by atoms with E-state index in [0.717, 1.165) is 12.1 Å². The smallest absolute Gasteiger partial charge is 0.416 e. The van der Waals surface area contributed by atoms with Gasteiger partial charge >= 0.3 is 11.9 Å². The summed E-state index contributed by atoms with van der Waals surface area (Å²) in [6.45, 7) is 0.773. The van der Waals surface area contributed by atoms with Gasteiger partial charge in [-0.15, -0.1) is 0 Å². The highest BCUT2D eigenvalue weighted by molar-refractivity contribution is 5.62. The lowest BCUT2D eigenvalue weighted by Crippen LogP contribution is -2.30. The third kappa shape index (κ3) is 4.37. The number of H-pyrrole nitrogens is 3. The minimum atomic E-state index is -4.42. The van der Waals surface area contributed by atoms with Crippen molar-refractivity contribution in [2.75, 3.05) is 18.0 Å². The van der Waals surface area contributed by atoms with Gasteiger partial charge in [0, 0.05) is 19.2 Å². The standard InChI is InChI=1S/C19H16F3N5O4/c20-19(21,22)10-1-3-11(4-2-10)31-12-5-6-27(9-12)15-7-14(25-26-17(15)29)13-8-23-18(30)24-16(13)28/h1-4,7-8,12H,5-6,9H2,(H,26,29)(H2,23,24,28,30). The fourth-order valence-electron chi connectivity index (χ4n) is 3.33. The number of benzene rings is 1. The van der Waals surface area contributed by atoms with E-state index in [9.17, 15) is 27.6 Å². The van der Waals surface area contributed by atoms with Crippen LogP contribution in [-0.2, 0) is 6.18 Å². The van der Waals surface area contributed by atoms with Crippen molar-refractivity contribution < 1.29 is 17.9 Å². The van der Waals surface area contributed by atoms with E-state index in [1.807, 2.05) is 0 Å². The molecule has 3 N–H and O–H groups in total. The van der Waals surface area contributed by atoms with Crippen molar-refractivity contribution in [3.63, 3.8) is 0 Å². The maximum Gasteiger partial charge on any atom is 0.416 e. The average Bonchev–Trinajstić information content (AvgIpc) is 3.16. The van der Waals surface area contributed by atoms with E-state index >= 15 is 0 Å². The molecule has 0 amide bonds. The second-order valence-electron chi connectivity index (χ2n) is 6.95. The zero-order valence-corrected chi connectivity index (χ0v) is 15.8. The van der Waals surface area contributed by atoms with Gasteiger partial charge in [0.1, 0.15) is 17.5 Å². The van der Waals surface area contributed by atoms with Crippen LogP contribution in [0.3, 0.4) is 0 Å². The number of halogens is 3. The van der Waals surface area contributed by atoms with Gasteiger partial charge < -0.3 is 14.6 Å². The van der Waals surface area contributed by atoms with Gasteiger partial charge in [0.2, 0.25) is 0 Å². The summed E-state index contributed by atoms with van der Waals surface area (Å²) in [5.74, 6) is 0.295. The molecule has 9 nitrogen and oxygen atoms in total. The van der Waals surface area contributed by atoms with E-state index < -0.39 is 28.5 Å². The number of nitrogens with one attached hydrogen (secondary N) is 3. The maximum atomic E-state index is 12.7. The largest absolute Gasteiger partial charge is 0.489 e. The molecule has 4 rings (SSSR count). The Morgan fingerprint density at radius 2 is 1.84 bits per heavy atom. The van der Waals surface area contributed by atoms with Gasteiger partial charge in [0.05, 0.1) is 23.4 Å². The molecule has 12 heteroatoms. The van der Waals surface area contributed by atoms with Crippen molar-refractivity contribution in [3.05, 3.63) is 73.3 Å². The lowest BCUT2D eigenvalue weighted by molar-refractivity contribution is -0.137. The number of aromatic nitrogens is 4. The molecule has 3 heterocycles. The van der Waals surface area contributed by atoms with Crippen LogP contribution in [0.2, 0.25) is 0 Å². The minimum Gasteiger partial charge on any atom is -0.489 e. The third-order valence-electron chi connectivity index (χ3n) is 4.85. The Kier molecular flexibility index (Phi) is 5.13. The normalized spacial score (nSPS) is 16.5. The lowest BCUT2D eigenvalue weighted by Gasteiger charge is -2.18. The zero-order chi connectivity index (χ0) is 22.2. The molecule has 0 aliphatic carbocycles. The molecule has 1 fully saturated rings. The predicted octanol–water partition coefficient (Wildman–Crippen LogP) is 1.49. The molecule has 2 aromatic heterocycles. The molecule has 1 aliphatic heterocycles. The second kappa shape index (κ2) is 7.78. The summed E-state index contributed by atoms with van der Waals surface area (Å²) in [6, 6.07) is 5.84. The number of hydrogen-bond acceptors (Lipinski definition) is 6. The van der Waals surface area contributed by atoms with Crippen molar-refractivity contribution in [2.24, 2.45) is 0 Å². The topological polar surface area (TPSA) is 124 Å². The summed E-state index contributed by atoms with van der Waals surface area (Å²) in [5, 5.41) is 6.19. The molecule has 1 saturated heterocycles. The molecule has 1 atom stereocenters. The quantitative estimate of drug-likeness (QED) is 0.571. The van der Waals surface area contributed by atoms with Crippen LogP contribution >= 0.6 is 0 Å². The average molecular weight is 435 g/mol.